The van der Waals surface area contributed by atoms with Crippen LogP contribution < -0.4 is 0 Å². The van der Waals surface area contributed by atoms with Gasteiger partial charge in [-0.2, -0.15) is 0 Å². The van der Waals surface area contributed by atoms with Gasteiger partial charge < -0.3 is 14.7 Å². The highest BCUT2D eigenvalue weighted by atomic mass is 16.5. The van der Waals surface area contributed by atoms with Crippen LogP contribution >= 0.6 is 0 Å². The van der Waals surface area contributed by atoms with E-state index >= 15 is 0 Å². The molecule has 0 heterocycles. The van der Waals surface area contributed by atoms with Gasteiger partial charge in [-0.05, 0) is 26.0 Å². The number of hydrogen-bond donors (Lipinski definition) is 1. The van der Waals surface area contributed by atoms with Crippen LogP contribution in [-0.2, 0) is 9.53 Å². The van der Waals surface area contributed by atoms with E-state index in [0.717, 1.165) is 0 Å². The number of carbonyl (C=O) groups excluding carboxylic acids is 2. The van der Waals surface area contributed by atoms with Crippen molar-refractivity contribution in [1.29, 1.82) is 0 Å². The van der Waals surface area contributed by atoms with Crippen molar-refractivity contribution in [3.63, 3.8) is 0 Å². The number of ether oxygens (including phenoxy) is 1. The molecule has 0 fully saturated rings. The second-order valence-electron chi connectivity index (χ2n) is 3.91. The quantitative estimate of drug-likeness (QED) is 0.781. The van der Waals surface area contributed by atoms with Gasteiger partial charge in [0, 0.05) is 12.1 Å². The minimum absolute atomic E-state index is 0.215. The summed E-state index contributed by atoms with van der Waals surface area (Å²) in [5.74, 6) is -0.883. The highest BCUT2D eigenvalue weighted by Crippen LogP contribution is 2.09. The Balaban J connectivity index is 2.92. The molecule has 1 atom stereocenters. The molecule has 1 unspecified atom stereocenters. The summed E-state index contributed by atoms with van der Waals surface area (Å²) >= 11 is 0. The van der Waals surface area contributed by atoms with E-state index in [-0.39, 0.29) is 12.5 Å². The summed E-state index contributed by atoms with van der Waals surface area (Å²) in [6.45, 7) is 3.51. The van der Waals surface area contributed by atoms with Crippen molar-refractivity contribution in [3.05, 3.63) is 35.9 Å². The van der Waals surface area contributed by atoms with Gasteiger partial charge >= 0.3 is 5.97 Å². The first kappa shape index (κ1) is 15.2. The molecule has 5 heteroatoms. The molecule has 5 nitrogen and oxygen atoms in total. The topological polar surface area (TPSA) is 66.8 Å². The van der Waals surface area contributed by atoms with E-state index < -0.39 is 18.6 Å². The lowest BCUT2D eigenvalue weighted by atomic mass is 10.1. The lowest BCUT2D eigenvalue weighted by Crippen LogP contribution is -2.48. The molecule has 0 saturated carbocycles. The van der Waals surface area contributed by atoms with Gasteiger partial charge in [0.1, 0.15) is 0 Å². The lowest BCUT2D eigenvalue weighted by Gasteiger charge is -2.27. The van der Waals surface area contributed by atoms with E-state index in [4.69, 9.17) is 4.74 Å². The van der Waals surface area contributed by atoms with E-state index in [9.17, 15) is 14.7 Å². The first-order chi connectivity index (χ1) is 9.15. The molecule has 19 heavy (non-hydrogen) atoms. The van der Waals surface area contributed by atoms with E-state index in [1.165, 1.54) is 4.90 Å². The molecule has 0 aliphatic rings. The van der Waals surface area contributed by atoms with Crippen LogP contribution in [0.2, 0.25) is 0 Å². The molecule has 0 aliphatic carbocycles. The third kappa shape index (κ3) is 3.79. The number of carbonyl (C=O) groups is 2. The van der Waals surface area contributed by atoms with Crippen LogP contribution in [0.3, 0.4) is 0 Å². The molecule has 0 saturated heterocycles. The predicted molar refractivity (Wildman–Crippen MR) is 70.7 cm³/mol. The van der Waals surface area contributed by atoms with Gasteiger partial charge in [-0.3, -0.25) is 4.79 Å². The summed E-state index contributed by atoms with van der Waals surface area (Å²) in [6, 6.07) is 7.69. The summed E-state index contributed by atoms with van der Waals surface area (Å²) < 4.78 is 4.87. The van der Waals surface area contributed by atoms with Gasteiger partial charge in [0.15, 0.2) is 6.04 Å². The van der Waals surface area contributed by atoms with Crippen molar-refractivity contribution in [1.82, 2.24) is 4.90 Å². The maximum Gasteiger partial charge on any atom is 0.331 e. The summed E-state index contributed by atoms with van der Waals surface area (Å²) in [5, 5.41) is 9.33. The number of benzene rings is 1. The second kappa shape index (κ2) is 7.53. The minimum atomic E-state index is -0.961. The molecule has 1 amide bonds. The molecular weight excluding hydrogens is 246 g/mol. The Morgan fingerprint density at radius 1 is 1.26 bits per heavy atom. The Morgan fingerprint density at radius 3 is 2.37 bits per heavy atom. The van der Waals surface area contributed by atoms with Crippen molar-refractivity contribution >= 4 is 11.9 Å². The van der Waals surface area contributed by atoms with Crippen molar-refractivity contribution in [2.75, 3.05) is 19.8 Å². The number of rotatable bonds is 6. The molecule has 1 aromatic rings. The molecule has 0 spiro atoms. The monoisotopic (exact) mass is 265 g/mol. The molecule has 0 radical (unpaired) electrons. The highest BCUT2D eigenvalue weighted by molar-refractivity contribution is 5.96. The number of aliphatic hydroxyl groups excluding tert-OH is 1. The van der Waals surface area contributed by atoms with Crippen LogP contribution in [0.1, 0.15) is 24.2 Å². The average Bonchev–Trinajstić information content (AvgIpc) is 2.45. The van der Waals surface area contributed by atoms with E-state index in [1.54, 1.807) is 38.1 Å². The van der Waals surface area contributed by atoms with Crippen molar-refractivity contribution < 1.29 is 19.4 Å². The number of likely N-dealkylation sites (N-methyl/N-ethyl adjacent to an activating group) is 1. The van der Waals surface area contributed by atoms with Gasteiger partial charge in [-0.15, -0.1) is 0 Å². The number of aliphatic hydroxyl groups is 1. The van der Waals surface area contributed by atoms with E-state index in [0.29, 0.717) is 12.1 Å². The maximum atomic E-state index is 12.3. The van der Waals surface area contributed by atoms with Crippen LogP contribution in [0.5, 0.6) is 0 Å². The molecule has 0 aromatic heterocycles. The van der Waals surface area contributed by atoms with Crippen molar-refractivity contribution in [3.8, 4) is 0 Å². The van der Waals surface area contributed by atoms with Gasteiger partial charge in [0.05, 0.1) is 13.2 Å². The Bertz CT molecular complexity index is 419. The highest BCUT2D eigenvalue weighted by Gasteiger charge is 2.29. The maximum absolute atomic E-state index is 12.3. The fraction of sp³-hybridized carbons (Fsp3) is 0.429. The van der Waals surface area contributed by atoms with Crippen LogP contribution in [0.25, 0.3) is 0 Å². The van der Waals surface area contributed by atoms with E-state index in [2.05, 4.69) is 0 Å². The third-order valence-corrected chi connectivity index (χ3v) is 2.73. The van der Waals surface area contributed by atoms with Crippen LogP contribution in [-0.4, -0.2) is 47.7 Å². The fourth-order valence-corrected chi connectivity index (χ4v) is 1.79. The average molecular weight is 265 g/mol. The Kier molecular flexibility index (Phi) is 6.02. The number of hydrogen-bond acceptors (Lipinski definition) is 4. The summed E-state index contributed by atoms with van der Waals surface area (Å²) in [4.78, 5) is 25.3. The van der Waals surface area contributed by atoms with Gasteiger partial charge in [0.2, 0.25) is 0 Å². The zero-order valence-electron chi connectivity index (χ0n) is 11.2. The Hall–Kier alpha value is -1.88. The molecule has 104 valence electrons. The zero-order chi connectivity index (χ0) is 14.3. The van der Waals surface area contributed by atoms with E-state index in [1.807, 2.05) is 6.07 Å². The molecule has 0 bridgehead atoms. The molecule has 0 aliphatic heterocycles. The first-order valence-electron chi connectivity index (χ1n) is 6.29. The van der Waals surface area contributed by atoms with Gasteiger partial charge in [-0.25, -0.2) is 4.79 Å². The minimum Gasteiger partial charge on any atom is -0.464 e. The number of amides is 1. The van der Waals surface area contributed by atoms with Crippen molar-refractivity contribution in [2.45, 2.75) is 19.9 Å². The summed E-state index contributed by atoms with van der Waals surface area (Å²) in [7, 11) is 0. The molecule has 1 rings (SSSR count). The standard InChI is InChI=1S/C14H19NO4/c1-3-15(12(10-16)14(18)19-4-2)13(17)11-8-6-5-7-9-11/h5-9,12,16H,3-4,10H2,1-2H3. The predicted octanol–water partition coefficient (Wildman–Crippen LogP) is 1.07. The SMILES string of the molecule is CCOC(=O)C(CO)N(CC)C(=O)c1ccccc1. The van der Waals surface area contributed by atoms with Crippen LogP contribution in [0.4, 0.5) is 0 Å². The van der Waals surface area contributed by atoms with Crippen molar-refractivity contribution in [2.24, 2.45) is 0 Å². The van der Waals surface area contributed by atoms with Crippen LogP contribution in [0, 0.1) is 0 Å². The number of esters is 1. The second-order valence-corrected chi connectivity index (χ2v) is 3.91. The molecular formula is C14H19NO4. The number of nitrogens with zero attached hydrogens (tertiary/aromatic N) is 1. The zero-order valence-corrected chi connectivity index (χ0v) is 11.2. The Labute approximate surface area is 112 Å². The third-order valence-electron chi connectivity index (χ3n) is 2.73. The normalized spacial score (nSPS) is 11.7. The molecule has 1 aromatic carbocycles. The summed E-state index contributed by atoms with van der Waals surface area (Å²) in [6.07, 6.45) is 0. The summed E-state index contributed by atoms with van der Waals surface area (Å²) in [5.41, 5.74) is 0.479. The first-order valence-corrected chi connectivity index (χ1v) is 6.29. The Morgan fingerprint density at radius 2 is 1.89 bits per heavy atom. The smallest absolute Gasteiger partial charge is 0.331 e. The lowest BCUT2D eigenvalue weighted by molar-refractivity contribution is -0.150. The largest absolute Gasteiger partial charge is 0.464 e. The fourth-order valence-electron chi connectivity index (χ4n) is 1.79. The van der Waals surface area contributed by atoms with Crippen LogP contribution in [0.15, 0.2) is 30.3 Å². The molecule has 1 N–H and O–H groups in total. The van der Waals surface area contributed by atoms with Gasteiger partial charge in [0.25, 0.3) is 5.91 Å². The van der Waals surface area contributed by atoms with Gasteiger partial charge in [-0.1, -0.05) is 18.2 Å².